The molecule has 116 valence electrons. The van der Waals surface area contributed by atoms with Crippen LogP contribution in [0.5, 0.6) is 5.75 Å². The maximum atomic E-state index is 5.76. The number of nitrogen functional groups attached to an aromatic ring is 2. The summed E-state index contributed by atoms with van der Waals surface area (Å²) in [4.78, 5) is 16.8. The molecule has 7 nitrogen and oxygen atoms in total. The molecule has 0 unspecified atom stereocenters. The highest BCUT2D eigenvalue weighted by atomic mass is 16.5. The Bertz CT molecular complexity index is 868. The van der Waals surface area contributed by atoms with Crippen LogP contribution in [0, 0.1) is 5.92 Å². The Morgan fingerprint density at radius 1 is 1.09 bits per heavy atom. The molecule has 0 amide bonds. The van der Waals surface area contributed by atoms with E-state index >= 15 is 0 Å². The number of nitrogens with zero attached hydrogens (tertiary/aromatic N) is 4. The van der Waals surface area contributed by atoms with Crippen LogP contribution in [-0.2, 0) is 0 Å². The molecule has 7 heteroatoms. The van der Waals surface area contributed by atoms with E-state index in [1.165, 1.54) is 6.20 Å². The quantitative estimate of drug-likeness (QED) is 0.755. The zero-order valence-electron chi connectivity index (χ0n) is 12.4. The number of hydrogen-bond donors (Lipinski definition) is 2. The largest absolute Gasteiger partial charge is 0.488 e. The fourth-order valence-corrected chi connectivity index (χ4v) is 2.68. The maximum absolute atomic E-state index is 5.76. The fraction of sp³-hybridized carbons (Fsp3) is 0.250. The Morgan fingerprint density at radius 2 is 2.00 bits per heavy atom. The zero-order chi connectivity index (χ0) is 15.8. The molecule has 3 heterocycles. The molecule has 1 aliphatic rings. The molecule has 0 spiro atoms. The molecule has 23 heavy (non-hydrogen) atoms. The molecular weight excluding hydrogens is 292 g/mol. The van der Waals surface area contributed by atoms with Crippen molar-refractivity contribution < 1.29 is 4.74 Å². The molecule has 0 aliphatic heterocycles. The molecule has 3 aromatic rings. The molecule has 0 radical (unpaired) electrons. The van der Waals surface area contributed by atoms with Gasteiger partial charge in [-0.25, -0.2) is 4.98 Å². The topological polar surface area (TPSA) is 113 Å². The van der Waals surface area contributed by atoms with Crippen molar-refractivity contribution in [3.05, 3.63) is 42.4 Å². The Hall–Kier alpha value is -2.96. The van der Waals surface area contributed by atoms with Crippen molar-refractivity contribution in [3.8, 4) is 5.75 Å². The van der Waals surface area contributed by atoms with Gasteiger partial charge in [-0.3, -0.25) is 9.97 Å². The van der Waals surface area contributed by atoms with E-state index in [2.05, 4.69) is 19.9 Å². The van der Waals surface area contributed by atoms with E-state index in [1.54, 1.807) is 6.20 Å². The van der Waals surface area contributed by atoms with Gasteiger partial charge in [-0.1, -0.05) is 0 Å². The van der Waals surface area contributed by atoms with Crippen LogP contribution in [0.4, 0.5) is 11.8 Å². The molecule has 0 bridgehead atoms. The lowest BCUT2D eigenvalue weighted by Gasteiger charge is -2.07. The van der Waals surface area contributed by atoms with Crippen molar-refractivity contribution in [1.29, 1.82) is 0 Å². The fourth-order valence-electron chi connectivity index (χ4n) is 2.68. The van der Waals surface area contributed by atoms with Gasteiger partial charge in [0.05, 0.1) is 23.8 Å². The van der Waals surface area contributed by atoms with Gasteiger partial charge >= 0.3 is 0 Å². The van der Waals surface area contributed by atoms with Crippen LogP contribution in [0.25, 0.3) is 11.0 Å². The first kappa shape index (κ1) is 13.7. The molecule has 2 atom stereocenters. The number of anilines is 2. The summed E-state index contributed by atoms with van der Waals surface area (Å²) >= 11 is 0. The third-order valence-corrected chi connectivity index (χ3v) is 4.03. The van der Waals surface area contributed by atoms with E-state index in [-0.39, 0.29) is 11.8 Å². The summed E-state index contributed by atoms with van der Waals surface area (Å²) in [5.74, 6) is 1.72. The van der Waals surface area contributed by atoms with Gasteiger partial charge in [0, 0.05) is 23.7 Å². The minimum absolute atomic E-state index is 0.146. The molecule has 4 rings (SSSR count). The first-order valence-corrected chi connectivity index (χ1v) is 7.43. The summed E-state index contributed by atoms with van der Waals surface area (Å²) in [5, 5.41) is 0. The Labute approximate surface area is 132 Å². The number of fused-ring (bicyclic) bond motifs is 1. The highest BCUT2D eigenvalue weighted by Crippen LogP contribution is 2.47. The normalized spacial score (nSPS) is 19.7. The smallest absolute Gasteiger partial charge is 0.222 e. The molecular formula is C16H16N6O. The summed E-state index contributed by atoms with van der Waals surface area (Å²) in [6.45, 7) is 0.564. The molecule has 0 aromatic carbocycles. The third kappa shape index (κ3) is 2.73. The SMILES string of the molecule is Nc1ncc(OC[C@H]2C[C@@H]2c2ccc3ncccc3n2)c(N)n1. The van der Waals surface area contributed by atoms with Gasteiger partial charge in [0.1, 0.15) is 0 Å². The standard InChI is InChI=1S/C16H16N6O/c17-15-14(7-20-16(18)22-15)23-8-9-6-10(9)11-3-4-12-13(21-11)2-1-5-19-12/h1-5,7,9-10H,6,8H2,(H4,17,18,20,22)/t9-,10+/m1/s1. The molecule has 4 N–H and O–H groups in total. The lowest BCUT2D eigenvalue weighted by molar-refractivity contribution is 0.296. The van der Waals surface area contributed by atoms with Crippen LogP contribution >= 0.6 is 0 Å². The number of pyridine rings is 2. The summed E-state index contributed by atoms with van der Waals surface area (Å²) in [6.07, 6.45) is 4.33. The van der Waals surface area contributed by atoms with Crippen LogP contribution in [0.1, 0.15) is 18.0 Å². The van der Waals surface area contributed by atoms with E-state index in [9.17, 15) is 0 Å². The molecule has 1 fully saturated rings. The molecule has 1 saturated carbocycles. The second kappa shape index (κ2) is 5.35. The van der Waals surface area contributed by atoms with E-state index < -0.39 is 0 Å². The lowest BCUT2D eigenvalue weighted by atomic mass is 10.2. The summed E-state index contributed by atoms with van der Waals surface area (Å²) in [7, 11) is 0. The van der Waals surface area contributed by atoms with Gasteiger partial charge in [-0.2, -0.15) is 4.98 Å². The van der Waals surface area contributed by atoms with Crippen molar-refractivity contribution in [2.24, 2.45) is 5.92 Å². The van der Waals surface area contributed by atoms with E-state index in [1.807, 2.05) is 24.3 Å². The summed E-state index contributed by atoms with van der Waals surface area (Å²) < 4.78 is 5.71. The van der Waals surface area contributed by atoms with E-state index in [0.717, 1.165) is 23.1 Å². The van der Waals surface area contributed by atoms with Crippen molar-refractivity contribution in [3.63, 3.8) is 0 Å². The molecule has 3 aromatic heterocycles. The second-order valence-corrected chi connectivity index (χ2v) is 5.67. The van der Waals surface area contributed by atoms with Crippen LogP contribution < -0.4 is 16.2 Å². The Balaban J connectivity index is 1.43. The zero-order valence-corrected chi connectivity index (χ0v) is 12.4. The van der Waals surface area contributed by atoms with Crippen molar-refractivity contribution in [2.45, 2.75) is 12.3 Å². The van der Waals surface area contributed by atoms with Crippen LogP contribution in [-0.4, -0.2) is 26.5 Å². The summed E-state index contributed by atoms with van der Waals surface area (Å²) in [5.41, 5.74) is 14.1. The van der Waals surface area contributed by atoms with Crippen LogP contribution in [0.3, 0.4) is 0 Å². The third-order valence-electron chi connectivity index (χ3n) is 4.03. The number of rotatable bonds is 4. The van der Waals surface area contributed by atoms with Gasteiger partial charge in [-0.05, 0) is 30.7 Å². The predicted octanol–water partition coefficient (Wildman–Crippen LogP) is 1.77. The van der Waals surface area contributed by atoms with Gasteiger partial charge in [0.25, 0.3) is 0 Å². The van der Waals surface area contributed by atoms with Gasteiger partial charge in [0.2, 0.25) is 5.95 Å². The number of hydrogen-bond acceptors (Lipinski definition) is 7. The number of ether oxygens (including phenoxy) is 1. The van der Waals surface area contributed by atoms with E-state index in [0.29, 0.717) is 24.2 Å². The monoisotopic (exact) mass is 308 g/mol. The number of aromatic nitrogens is 4. The van der Waals surface area contributed by atoms with Gasteiger partial charge < -0.3 is 16.2 Å². The number of nitrogens with two attached hydrogens (primary N) is 2. The first-order chi connectivity index (χ1) is 11.2. The average Bonchev–Trinajstić information content (AvgIpc) is 3.33. The highest BCUT2D eigenvalue weighted by molar-refractivity contribution is 5.73. The Morgan fingerprint density at radius 3 is 2.87 bits per heavy atom. The highest BCUT2D eigenvalue weighted by Gasteiger charge is 2.40. The van der Waals surface area contributed by atoms with Crippen molar-refractivity contribution in [1.82, 2.24) is 19.9 Å². The van der Waals surface area contributed by atoms with Gasteiger partial charge in [-0.15, -0.1) is 0 Å². The van der Waals surface area contributed by atoms with Crippen LogP contribution in [0.2, 0.25) is 0 Å². The lowest BCUT2D eigenvalue weighted by Crippen LogP contribution is -2.06. The minimum atomic E-state index is 0.146. The van der Waals surface area contributed by atoms with Gasteiger partial charge in [0.15, 0.2) is 11.6 Å². The second-order valence-electron chi connectivity index (χ2n) is 5.67. The van der Waals surface area contributed by atoms with Crippen LogP contribution in [0.15, 0.2) is 36.7 Å². The average molecular weight is 308 g/mol. The van der Waals surface area contributed by atoms with Crippen molar-refractivity contribution in [2.75, 3.05) is 18.1 Å². The maximum Gasteiger partial charge on any atom is 0.222 e. The Kier molecular flexibility index (Phi) is 3.18. The van der Waals surface area contributed by atoms with E-state index in [4.69, 9.17) is 16.2 Å². The molecule has 0 saturated heterocycles. The minimum Gasteiger partial charge on any atom is -0.488 e. The van der Waals surface area contributed by atoms with Crippen molar-refractivity contribution >= 4 is 22.8 Å². The predicted molar refractivity (Wildman–Crippen MR) is 86.7 cm³/mol. The molecule has 1 aliphatic carbocycles. The first-order valence-electron chi connectivity index (χ1n) is 7.43. The summed E-state index contributed by atoms with van der Waals surface area (Å²) in [6, 6.07) is 7.93.